The summed E-state index contributed by atoms with van der Waals surface area (Å²) in [7, 11) is 0. The molecule has 1 heteroatoms. The molecule has 0 fully saturated rings. The lowest BCUT2D eigenvalue weighted by Crippen LogP contribution is -1.95. The second-order valence-electron chi connectivity index (χ2n) is 7.93. The normalized spacial score (nSPS) is 15.9. The van der Waals surface area contributed by atoms with Gasteiger partial charge in [-0.15, -0.1) is 0 Å². The number of hydrogen-bond acceptors (Lipinski definition) is 1. The van der Waals surface area contributed by atoms with Crippen LogP contribution in [0, 0.1) is 0 Å². The Balaban J connectivity index is 2.05. The van der Waals surface area contributed by atoms with Crippen LogP contribution in [0.3, 0.4) is 0 Å². The van der Waals surface area contributed by atoms with Crippen LogP contribution in [0.1, 0.15) is 37.8 Å². The van der Waals surface area contributed by atoms with E-state index in [0.29, 0.717) is 0 Å². The molecule has 0 bridgehead atoms. The average Bonchev–Trinajstić information content (AvgIpc) is 2.81. The van der Waals surface area contributed by atoms with Crippen LogP contribution in [0.5, 0.6) is 0 Å². The standard InChI is InChI=1S/C31H29N/c1-3-4-14-24(2)27-17-7-5-6-8-18-28(30-20-11-10-19-29(27)30)25-16-13-22-32-31-21-12-9-15-26(31)23-25/h3-11,13-20,22-23H,12,21H2,1-2H3/b4-3-,6-5?,7-5?,8-6?,16-13?,17-7?,18-8?,22-13?,24-14+,25-16?,25-23?,26-23?,27-17?,28-18?,29-27?,30-28?,32-22?,32-31?. The number of aliphatic imine (C=N–C) groups is 1. The first-order chi connectivity index (χ1) is 15.8. The second-order valence-corrected chi connectivity index (χ2v) is 7.93. The van der Waals surface area contributed by atoms with Crippen molar-refractivity contribution in [2.75, 3.05) is 0 Å². The van der Waals surface area contributed by atoms with Crippen molar-refractivity contribution in [3.8, 4) is 0 Å². The van der Waals surface area contributed by atoms with Gasteiger partial charge in [-0.05, 0) is 77.5 Å². The highest BCUT2D eigenvalue weighted by atomic mass is 14.7. The van der Waals surface area contributed by atoms with E-state index in [9.17, 15) is 0 Å². The smallest absolute Gasteiger partial charge is 0.0479 e. The van der Waals surface area contributed by atoms with Gasteiger partial charge in [0.1, 0.15) is 0 Å². The third-order valence-electron chi connectivity index (χ3n) is 5.72. The number of rotatable bonds is 3. The molecule has 0 atom stereocenters. The zero-order chi connectivity index (χ0) is 22.2. The van der Waals surface area contributed by atoms with Crippen molar-refractivity contribution in [1.29, 1.82) is 0 Å². The molecule has 2 aromatic carbocycles. The van der Waals surface area contributed by atoms with E-state index < -0.39 is 0 Å². The zero-order valence-corrected chi connectivity index (χ0v) is 18.8. The summed E-state index contributed by atoms with van der Waals surface area (Å²) in [4.78, 5) is 4.66. The highest BCUT2D eigenvalue weighted by Gasteiger charge is 2.10. The fourth-order valence-corrected chi connectivity index (χ4v) is 4.09. The number of fused-ring (bicyclic) bond motifs is 1. The Morgan fingerprint density at radius 2 is 1.69 bits per heavy atom. The van der Waals surface area contributed by atoms with Crippen molar-refractivity contribution < 1.29 is 0 Å². The van der Waals surface area contributed by atoms with Crippen LogP contribution in [-0.2, 0) is 0 Å². The largest absolute Gasteiger partial charge is 0.261 e. The van der Waals surface area contributed by atoms with Gasteiger partial charge in [0.2, 0.25) is 0 Å². The molecular formula is C31H29N. The molecule has 1 nitrogen and oxygen atoms in total. The molecule has 4 rings (SSSR count). The van der Waals surface area contributed by atoms with E-state index in [-0.39, 0.29) is 0 Å². The van der Waals surface area contributed by atoms with Gasteiger partial charge < -0.3 is 0 Å². The highest BCUT2D eigenvalue weighted by molar-refractivity contribution is 6.01. The Kier molecular flexibility index (Phi) is 7.09. The molecule has 1 aliphatic heterocycles. The summed E-state index contributed by atoms with van der Waals surface area (Å²) in [6.07, 6.45) is 21.2. The van der Waals surface area contributed by atoms with Crippen LogP contribution in [0.4, 0.5) is 0 Å². The first kappa shape index (κ1) is 21.5. The van der Waals surface area contributed by atoms with Crippen LogP contribution in [-0.4, -0.2) is 6.21 Å². The predicted molar refractivity (Wildman–Crippen MR) is 141 cm³/mol. The van der Waals surface area contributed by atoms with E-state index in [1.54, 1.807) is 0 Å². The van der Waals surface area contributed by atoms with Gasteiger partial charge in [0.25, 0.3) is 0 Å². The van der Waals surface area contributed by atoms with E-state index in [1.165, 1.54) is 38.6 Å². The Hall–Kier alpha value is -3.71. The fourth-order valence-electron chi connectivity index (χ4n) is 4.09. The second kappa shape index (κ2) is 10.5. The van der Waals surface area contributed by atoms with Gasteiger partial charge in [0.05, 0.1) is 0 Å². The minimum atomic E-state index is 0.988. The molecule has 32 heavy (non-hydrogen) atoms. The van der Waals surface area contributed by atoms with Crippen molar-refractivity contribution in [1.82, 2.24) is 0 Å². The molecule has 2 aromatic rings. The molecule has 2 aliphatic rings. The van der Waals surface area contributed by atoms with Crippen molar-refractivity contribution in [3.63, 3.8) is 0 Å². The molecular weight excluding hydrogens is 386 g/mol. The van der Waals surface area contributed by atoms with Crippen molar-refractivity contribution in [2.45, 2.75) is 26.7 Å². The maximum atomic E-state index is 4.66. The van der Waals surface area contributed by atoms with Crippen LogP contribution < -0.4 is 0 Å². The molecule has 0 radical (unpaired) electrons. The van der Waals surface area contributed by atoms with Gasteiger partial charge in [-0.1, -0.05) is 97.1 Å². The van der Waals surface area contributed by atoms with Crippen molar-refractivity contribution >= 4 is 28.1 Å². The third-order valence-corrected chi connectivity index (χ3v) is 5.72. The summed E-state index contributed by atoms with van der Waals surface area (Å²) in [6.45, 7) is 4.22. The first-order valence-corrected chi connectivity index (χ1v) is 11.3. The van der Waals surface area contributed by atoms with Crippen LogP contribution in [0.15, 0.2) is 126 Å². The van der Waals surface area contributed by atoms with Gasteiger partial charge in [-0.25, -0.2) is 0 Å². The van der Waals surface area contributed by atoms with Crippen LogP contribution in [0.2, 0.25) is 0 Å². The lowest BCUT2D eigenvalue weighted by Gasteiger charge is -2.14. The molecule has 1 aliphatic carbocycles. The van der Waals surface area contributed by atoms with E-state index in [4.69, 9.17) is 0 Å². The molecule has 0 saturated carbocycles. The minimum Gasteiger partial charge on any atom is -0.261 e. The molecule has 0 spiro atoms. The number of allylic oxidation sites excluding steroid dienone is 12. The number of nitrogens with zero attached hydrogens (tertiary/aromatic N) is 1. The van der Waals surface area contributed by atoms with Crippen LogP contribution in [0.25, 0.3) is 21.9 Å². The van der Waals surface area contributed by atoms with E-state index >= 15 is 0 Å². The van der Waals surface area contributed by atoms with E-state index in [0.717, 1.165) is 18.5 Å². The van der Waals surface area contributed by atoms with Crippen molar-refractivity contribution in [3.05, 3.63) is 132 Å². The maximum absolute atomic E-state index is 4.66. The Morgan fingerprint density at radius 3 is 2.53 bits per heavy atom. The maximum Gasteiger partial charge on any atom is 0.0479 e. The molecule has 0 saturated heterocycles. The van der Waals surface area contributed by atoms with Gasteiger partial charge in [-0.3, -0.25) is 4.99 Å². The number of benzene rings is 1. The van der Waals surface area contributed by atoms with E-state index in [1.807, 2.05) is 19.2 Å². The molecule has 0 amide bonds. The SMILES string of the molecule is C/C=C\C=C(/C)c1ccccccc(C2=CC3=C(CCC=C3)N=CC=C2)c2ccccc12. The Labute approximate surface area is 191 Å². The average molecular weight is 416 g/mol. The summed E-state index contributed by atoms with van der Waals surface area (Å²) in [5, 5.41) is 2.46. The van der Waals surface area contributed by atoms with Gasteiger partial charge in [0, 0.05) is 11.9 Å². The molecule has 158 valence electrons. The predicted octanol–water partition coefficient (Wildman–Crippen LogP) is 8.57. The van der Waals surface area contributed by atoms with Gasteiger partial charge in [-0.2, -0.15) is 0 Å². The molecule has 0 unspecified atom stereocenters. The topological polar surface area (TPSA) is 12.4 Å². The molecule has 1 heterocycles. The summed E-state index contributed by atoms with van der Waals surface area (Å²) in [5.74, 6) is 0. The third kappa shape index (κ3) is 4.95. The Bertz CT molecular complexity index is 1270. The van der Waals surface area contributed by atoms with Gasteiger partial charge >= 0.3 is 0 Å². The first-order valence-electron chi connectivity index (χ1n) is 11.3. The van der Waals surface area contributed by atoms with E-state index in [2.05, 4.69) is 115 Å². The lowest BCUT2D eigenvalue weighted by atomic mass is 9.92. The molecule has 0 N–H and O–H groups in total. The molecule has 0 aromatic heterocycles. The fraction of sp³-hybridized carbons (Fsp3) is 0.129. The van der Waals surface area contributed by atoms with Gasteiger partial charge in [0.15, 0.2) is 0 Å². The monoisotopic (exact) mass is 415 g/mol. The quantitative estimate of drug-likeness (QED) is 0.445. The summed E-state index contributed by atoms with van der Waals surface area (Å²) in [5.41, 5.74) is 7.21. The minimum absolute atomic E-state index is 0.988. The lowest BCUT2D eigenvalue weighted by molar-refractivity contribution is 0.933. The highest BCUT2D eigenvalue weighted by Crippen LogP contribution is 2.32. The summed E-state index contributed by atoms with van der Waals surface area (Å²) in [6, 6.07) is 21.5. The van der Waals surface area contributed by atoms with Crippen molar-refractivity contribution in [2.24, 2.45) is 4.99 Å². The van der Waals surface area contributed by atoms with Crippen LogP contribution >= 0.6 is 0 Å². The zero-order valence-electron chi connectivity index (χ0n) is 18.8. The number of hydrogen-bond donors (Lipinski definition) is 0. The summed E-state index contributed by atoms with van der Waals surface area (Å²) >= 11 is 0. The summed E-state index contributed by atoms with van der Waals surface area (Å²) < 4.78 is 0. The Morgan fingerprint density at radius 1 is 0.906 bits per heavy atom.